The predicted molar refractivity (Wildman–Crippen MR) is 79.3 cm³/mol. The summed E-state index contributed by atoms with van der Waals surface area (Å²) in [6, 6.07) is 3.39. The Balaban J connectivity index is 3.15. The average molecular weight is 279 g/mol. The lowest BCUT2D eigenvalue weighted by Crippen LogP contribution is -2.09. The van der Waals surface area contributed by atoms with Crippen LogP contribution in [0.15, 0.2) is 35.9 Å². The maximum Gasteiger partial charge on any atom is 0.221 e. The van der Waals surface area contributed by atoms with Gasteiger partial charge in [-0.25, -0.2) is 4.98 Å². The summed E-state index contributed by atoms with van der Waals surface area (Å²) in [6.45, 7) is 5.09. The molecule has 0 aromatic carbocycles. The van der Waals surface area contributed by atoms with E-state index in [1.54, 1.807) is 31.3 Å². The molecule has 0 fully saturated rings. The minimum absolute atomic E-state index is 0.201. The molecule has 0 radical (unpaired) electrons. The lowest BCUT2D eigenvalue weighted by Gasteiger charge is -2.07. The van der Waals surface area contributed by atoms with Gasteiger partial charge in [-0.05, 0) is 18.2 Å². The lowest BCUT2D eigenvalue weighted by molar-refractivity contribution is -0.114. The summed E-state index contributed by atoms with van der Waals surface area (Å²) in [5.41, 5.74) is 7.38. The van der Waals surface area contributed by atoms with Gasteiger partial charge in [-0.15, -0.1) is 0 Å². The molecule has 1 rings (SSSR count). The highest BCUT2D eigenvalue weighted by molar-refractivity contribution is 6.32. The van der Waals surface area contributed by atoms with E-state index in [0.717, 1.165) is 0 Å². The number of nitrogens with zero attached hydrogens (tertiary/aromatic N) is 2. The molecule has 5 nitrogen and oxygen atoms in total. The molecule has 0 saturated heterocycles. The van der Waals surface area contributed by atoms with Gasteiger partial charge in [0.15, 0.2) is 5.15 Å². The molecule has 0 spiro atoms. The van der Waals surface area contributed by atoms with Crippen molar-refractivity contribution < 1.29 is 4.79 Å². The maximum atomic E-state index is 11.0. The predicted octanol–water partition coefficient (Wildman–Crippen LogP) is 2.25. The second-order valence-corrected chi connectivity index (χ2v) is 4.03. The topological polar surface area (TPSA) is 80.4 Å². The highest BCUT2D eigenvalue weighted by Gasteiger charge is 2.07. The number of halogens is 1. The van der Waals surface area contributed by atoms with Gasteiger partial charge in [0.2, 0.25) is 5.91 Å². The van der Waals surface area contributed by atoms with Crippen LogP contribution in [0.3, 0.4) is 0 Å². The molecule has 1 aromatic rings. The Morgan fingerprint density at radius 1 is 1.58 bits per heavy atom. The van der Waals surface area contributed by atoms with E-state index in [1.165, 1.54) is 6.92 Å². The highest BCUT2D eigenvalue weighted by Crippen LogP contribution is 2.23. The van der Waals surface area contributed by atoms with Crippen molar-refractivity contribution in [2.45, 2.75) is 6.92 Å². The number of amidine groups is 1. The molecule has 1 amide bonds. The summed E-state index contributed by atoms with van der Waals surface area (Å²) < 4.78 is 0. The van der Waals surface area contributed by atoms with E-state index < -0.39 is 0 Å². The number of hydrogen-bond donors (Lipinski definition) is 2. The van der Waals surface area contributed by atoms with Crippen molar-refractivity contribution in [2.75, 3.05) is 12.4 Å². The van der Waals surface area contributed by atoms with Crippen LogP contribution in [-0.2, 0) is 4.79 Å². The second kappa shape index (κ2) is 6.70. The van der Waals surface area contributed by atoms with E-state index in [2.05, 4.69) is 21.9 Å². The van der Waals surface area contributed by atoms with E-state index in [1.807, 2.05) is 0 Å². The van der Waals surface area contributed by atoms with Crippen LogP contribution in [0.25, 0.3) is 5.57 Å². The zero-order valence-electron chi connectivity index (χ0n) is 10.8. The number of allylic oxidation sites excluding steroid dienone is 2. The Labute approximate surface area is 116 Å². The van der Waals surface area contributed by atoms with Crippen molar-refractivity contribution in [2.24, 2.45) is 10.7 Å². The number of anilines is 1. The van der Waals surface area contributed by atoms with Crippen molar-refractivity contribution in [3.63, 3.8) is 0 Å². The molecular formula is C13H15ClN4O. The molecule has 19 heavy (non-hydrogen) atoms. The van der Waals surface area contributed by atoms with Crippen LogP contribution in [0.5, 0.6) is 0 Å². The van der Waals surface area contributed by atoms with Crippen LogP contribution in [-0.4, -0.2) is 23.8 Å². The Bertz CT molecular complexity index is 564. The maximum absolute atomic E-state index is 11.0. The monoisotopic (exact) mass is 278 g/mol. The quantitative estimate of drug-likeness (QED) is 0.384. The summed E-state index contributed by atoms with van der Waals surface area (Å²) in [4.78, 5) is 19.0. The van der Waals surface area contributed by atoms with Crippen molar-refractivity contribution in [3.8, 4) is 0 Å². The summed E-state index contributed by atoms with van der Waals surface area (Å²) in [7, 11) is 1.59. The molecule has 6 heteroatoms. The largest absolute Gasteiger partial charge is 0.384 e. The third-order valence-electron chi connectivity index (χ3n) is 2.24. The molecule has 0 atom stereocenters. The van der Waals surface area contributed by atoms with Crippen molar-refractivity contribution in [1.29, 1.82) is 0 Å². The van der Waals surface area contributed by atoms with Crippen LogP contribution < -0.4 is 11.1 Å². The van der Waals surface area contributed by atoms with Gasteiger partial charge in [-0.1, -0.05) is 24.3 Å². The summed E-state index contributed by atoms with van der Waals surface area (Å²) in [6.07, 6.45) is 3.25. The molecule has 0 saturated carbocycles. The molecule has 0 aliphatic rings. The Morgan fingerprint density at radius 2 is 2.26 bits per heavy atom. The molecule has 1 heterocycles. The normalized spacial score (nSPS) is 12.2. The molecule has 0 bridgehead atoms. The molecule has 3 N–H and O–H groups in total. The number of pyridine rings is 1. The third-order valence-corrected chi connectivity index (χ3v) is 2.52. The summed E-state index contributed by atoms with van der Waals surface area (Å²) in [5, 5.41) is 2.78. The zero-order valence-corrected chi connectivity index (χ0v) is 11.5. The minimum atomic E-state index is -0.210. The Hall–Kier alpha value is -2.14. The number of nitrogens with one attached hydrogen (secondary N) is 1. The van der Waals surface area contributed by atoms with Gasteiger partial charge < -0.3 is 11.1 Å². The third kappa shape index (κ3) is 4.22. The fraction of sp³-hybridized carbons (Fsp3) is 0.154. The molecule has 100 valence electrons. The van der Waals surface area contributed by atoms with Gasteiger partial charge in [0.25, 0.3) is 0 Å². The average Bonchev–Trinajstić information content (AvgIpc) is 2.37. The van der Waals surface area contributed by atoms with Gasteiger partial charge in [-0.2, -0.15) is 0 Å². The number of hydrogen-bond acceptors (Lipinski definition) is 3. The first-order valence-corrected chi connectivity index (χ1v) is 5.86. The van der Waals surface area contributed by atoms with Crippen LogP contribution in [0.2, 0.25) is 5.15 Å². The first-order chi connectivity index (χ1) is 8.97. The van der Waals surface area contributed by atoms with Crippen LogP contribution in [0.4, 0.5) is 5.69 Å². The van der Waals surface area contributed by atoms with Crippen molar-refractivity contribution in [1.82, 2.24) is 4.98 Å². The van der Waals surface area contributed by atoms with Gasteiger partial charge in [0.05, 0.1) is 11.4 Å². The van der Waals surface area contributed by atoms with Gasteiger partial charge >= 0.3 is 0 Å². The van der Waals surface area contributed by atoms with E-state index in [-0.39, 0.29) is 11.1 Å². The number of rotatable bonds is 4. The van der Waals surface area contributed by atoms with Gasteiger partial charge in [-0.3, -0.25) is 9.79 Å². The van der Waals surface area contributed by atoms with Crippen LogP contribution in [0.1, 0.15) is 12.6 Å². The summed E-state index contributed by atoms with van der Waals surface area (Å²) >= 11 is 6.00. The molecule has 0 aliphatic heterocycles. The Morgan fingerprint density at radius 3 is 2.74 bits per heavy atom. The smallest absolute Gasteiger partial charge is 0.221 e. The van der Waals surface area contributed by atoms with Gasteiger partial charge in [0.1, 0.15) is 5.84 Å². The molecule has 0 unspecified atom stereocenters. The molecule has 0 aliphatic carbocycles. The molecular weight excluding hydrogens is 264 g/mol. The number of carbonyl (C=O) groups excluding carboxylic acids is 1. The highest BCUT2D eigenvalue weighted by atomic mass is 35.5. The van der Waals surface area contributed by atoms with Crippen molar-refractivity contribution in [3.05, 3.63) is 41.7 Å². The van der Waals surface area contributed by atoms with Crippen LogP contribution >= 0.6 is 11.6 Å². The van der Waals surface area contributed by atoms with E-state index >= 15 is 0 Å². The number of nitrogens with two attached hydrogens (primary N) is 1. The Kier molecular flexibility index (Phi) is 5.26. The fourth-order valence-electron chi connectivity index (χ4n) is 1.34. The zero-order chi connectivity index (χ0) is 14.4. The van der Waals surface area contributed by atoms with Crippen molar-refractivity contribution >= 4 is 34.6 Å². The number of carbonyl (C=O) groups is 1. The lowest BCUT2D eigenvalue weighted by atomic mass is 10.1. The second-order valence-electron chi connectivity index (χ2n) is 3.67. The number of aliphatic imine (C=N–C) groups is 1. The van der Waals surface area contributed by atoms with E-state index in [9.17, 15) is 4.79 Å². The first kappa shape index (κ1) is 14.9. The first-order valence-electron chi connectivity index (χ1n) is 5.48. The van der Waals surface area contributed by atoms with E-state index in [4.69, 9.17) is 17.3 Å². The fourth-order valence-corrected chi connectivity index (χ4v) is 1.54. The molecule has 1 aromatic heterocycles. The SMILES string of the molecule is C=C/C(=C\C(N)=NC)c1ccc(NC(C)=O)c(Cl)n1. The standard InChI is InChI=1S/C13H15ClN4O/c1-4-9(7-12(15)16-3)10-5-6-11(13(14)18-10)17-8(2)19/h4-7H,1H2,2-3H3,(H2,15,16)(H,17,19)/b9-7+. The minimum Gasteiger partial charge on any atom is -0.384 e. The van der Waals surface area contributed by atoms with E-state index in [0.29, 0.717) is 22.8 Å². The number of aromatic nitrogens is 1. The van der Waals surface area contributed by atoms with Gasteiger partial charge in [0, 0.05) is 19.5 Å². The number of amides is 1. The summed E-state index contributed by atoms with van der Waals surface area (Å²) in [5.74, 6) is 0.150. The van der Waals surface area contributed by atoms with Crippen LogP contribution in [0, 0.1) is 0 Å².